The van der Waals surface area contributed by atoms with Crippen molar-refractivity contribution in [3.63, 3.8) is 0 Å². The third-order valence-corrected chi connectivity index (χ3v) is 3.05. The summed E-state index contributed by atoms with van der Waals surface area (Å²) in [6, 6.07) is 2.56. The maximum absolute atomic E-state index is 14.1. The van der Waals surface area contributed by atoms with Crippen LogP contribution in [0, 0.1) is 18.6 Å². The summed E-state index contributed by atoms with van der Waals surface area (Å²) >= 11 is 0. The topological polar surface area (TPSA) is 80.3 Å². The van der Waals surface area contributed by atoms with Crippen LogP contribution in [-0.2, 0) is 0 Å². The maximum atomic E-state index is 14.1. The van der Waals surface area contributed by atoms with E-state index in [1.54, 1.807) is 29.9 Å². The molecule has 0 radical (unpaired) electrons. The number of nitrogen functional groups attached to an aromatic ring is 1. The number of fused-ring (bicyclic) bond motifs is 1. The highest BCUT2D eigenvalue weighted by Gasteiger charge is 2.15. The van der Waals surface area contributed by atoms with E-state index in [1.807, 2.05) is 0 Å². The Morgan fingerprint density at radius 2 is 2.10 bits per heavy atom. The van der Waals surface area contributed by atoms with Crippen LogP contribution in [0.5, 0.6) is 0 Å². The van der Waals surface area contributed by atoms with Gasteiger partial charge in [-0.1, -0.05) is 6.07 Å². The smallest absolute Gasteiger partial charge is 0.180 e. The van der Waals surface area contributed by atoms with Gasteiger partial charge in [0.05, 0.1) is 6.20 Å². The molecule has 0 aliphatic heterocycles. The van der Waals surface area contributed by atoms with Crippen molar-refractivity contribution in [1.29, 1.82) is 0 Å². The Labute approximate surface area is 118 Å². The van der Waals surface area contributed by atoms with Gasteiger partial charge in [0.2, 0.25) is 0 Å². The van der Waals surface area contributed by atoms with Gasteiger partial charge in [0.25, 0.3) is 0 Å². The fourth-order valence-electron chi connectivity index (χ4n) is 1.97. The standard InChI is InChI=1S/C13H12F2N6/c1-7-2-3-8(14)11(10(7)15)19-12-13-17-4-5-21(13)6-9(18-12)20-16/h2-6,20H,16H2,1H3,(H,18,19). The zero-order valence-electron chi connectivity index (χ0n) is 11.1. The van der Waals surface area contributed by atoms with Crippen LogP contribution in [0.1, 0.15) is 5.56 Å². The molecule has 3 aromatic rings. The fraction of sp³-hybridized carbons (Fsp3) is 0.0769. The van der Waals surface area contributed by atoms with Gasteiger partial charge in [-0.25, -0.2) is 24.6 Å². The number of nitrogens with zero attached hydrogens (tertiary/aromatic N) is 3. The Balaban J connectivity index is 2.14. The summed E-state index contributed by atoms with van der Waals surface area (Å²) in [5, 5.41) is 2.65. The second kappa shape index (κ2) is 4.98. The highest BCUT2D eigenvalue weighted by Crippen LogP contribution is 2.27. The molecule has 0 fully saturated rings. The van der Waals surface area contributed by atoms with Crippen LogP contribution in [0.2, 0.25) is 0 Å². The maximum Gasteiger partial charge on any atom is 0.180 e. The number of hydrazine groups is 1. The van der Waals surface area contributed by atoms with E-state index in [1.165, 1.54) is 12.1 Å². The molecule has 3 rings (SSSR count). The van der Waals surface area contributed by atoms with Gasteiger partial charge in [0.15, 0.2) is 23.1 Å². The fourth-order valence-corrected chi connectivity index (χ4v) is 1.97. The quantitative estimate of drug-likeness (QED) is 0.509. The molecule has 2 aromatic heterocycles. The first-order valence-electron chi connectivity index (χ1n) is 6.12. The van der Waals surface area contributed by atoms with E-state index in [0.717, 1.165) is 0 Å². The molecule has 0 unspecified atom stereocenters. The van der Waals surface area contributed by atoms with E-state index in [0.29, 0.717) is 17.0 Å². The highest BCUT2D eigenvalue weighted by molar-refractivity contribution is 5.72. The predicted octanol–water partition coefficient (Wildman–Crippen LogP) is 2.35. The lowest BCUT2D eigenvalue weighted by Crippen LogP contribution is -2.11. The lowest BCUT2D eigenvalue weighted by molar-refractivity contribution is 0.585. The molecule has 0 saturated carbocycles. The zero-order valence-corrected chi connectivity index (χ0v) is 11.1. The van der Waals surface area contributed by atoms with E-state index in [9.17, 15) is 8.78 Å². The molecule has 8 heteroatoms. The summed E-state index contributed by atoms with van der Waals surface area (Å²) in [7, 11) is 0. The van der Waals surface area contributed by atoms with Crippen molar-refractivity contribution in [3.8, 4) is 0 Å². The van der Waals surface area contributed by atoms with Crippen molar-refractivity contribution in [3.05, 3.63) is 47.9 Å². The van der Waals surface area contributed by atoms with Crippen molar-refractivity contribution < 1.29 is 8.78 Å². The van der Waals surface area contributed by atoms with Gasteiger partial charge < -0.3 is 15.1 Å². The number of benzene rings is 1. The number of aromatic nitrogens is 3. The lowest BCUT2D eigenvalue weighted by atomic mass is 10.2. The molecule has 108 valence electrons. The van der Waals surface area contributed by atoms with Gasteiger partial charge >= 0.3 is 0 Å². The van der Waals surface area contributed by atoms with Crippen LogP contribution in [0.3, 0.4) is 0 Å². The first kappa shape index (κ1) is 13.3. The van der Waals surface area contributed by atoms with Crippen molar-refractivity contribution >= 4 is 23.0 Å². The van der Waals surface area contributed by atoms with Crippen molar-refractivity contribution in [2.24, 2.45) is 5.84 Å². The minimum atomic E-state index is -0.712. The molecular formula is C13H12F2N6. The Morgan fingerprint density at radius 3 is 2.86 bits per heavy atom. The summed E-state index contributed by atoms with van der Waals surface area (Å²) in [5.74, 6) is 4.47. The highest BCUT2D eigenvalue weighted by atomic mass is 19.1. The van der Waals surface area contributed by atoms with Crippen LogP contribution in [0.25, 0.3) is 5.65 Å². The second-order valence-corrected chi connectivity index (χ2v) is 4.46. The summed E-state index contributed by atoms with van der Waals surface area (Å²) in [4.78, 5) is 8.23. The number of nitrogens with two attached hydrogens (primary N) is 1. The number of rotatable bonds is 3. The van der Waals surface area contributed by atoms with Gasteiger partial charge in [0, 0.05) is 12.4 Å². The number of hydrogen-bond donors (Lipinski definition) is 3. The number of aryl methyl sites for hydroxylation is 1. The van der Waals surface area contributed by atoms with Crippen molar-refractivity contribution in [2.75, 3.05) is 10.7 Å². The second-order valence-electron chi connectivity index (χ2n) is 4.46. The Hall–Kier alpha value is -2.74. The van der Waals surface area contributed by atoms with Crippen LogP contribution in [-0.4, -0.2) is 14.4 Å². The molecule has 21 heavy (non-hydrogen) atoms. The van der Waals surface area contributed by atoms with Gasteiger partial charge in [-0.3, -0.25) is 0 Å². The predicted molar refractivity (Wildman–Crippen MR) is 75.2 cm³/mol. The molecule has 0 spiro atoms. The van der Waals surface area contributed by atoms with E-state index in [-0.39, 0.29) is 11.5 Å². The van der Waals surface area contributed by atoms with E-state index < -0.39 is 11.6 Å². The monoisotopic (exact) mass is 290 g/mol. The van der Waals surface area contributed by atoms with Gasteiger partial charge in [-0.05, 0) is 18.6 Å². The third-order valence-electron chi connectivity index (χ3n) is 3.05. The average molecular weight is 290 g/mol. The zero-order chi connectivity index (χ0) is 15.0. The molecule has 0 bridgehead atoms. The summed E-state index contributed by atoms with van der Waals surface area (Å²) in [6.07, 6.45) is 4.83. The first-order valence-corrected chi connectivity index (χ1v) is 6.12. The largest absolute Gasteiger partial charge is 0.332 e. The summed E-state index contributed by atoms with van der Waals surface area (Å²) in [6.45, 7) is 1.55. The lowest BCUT2D eigenvalue weighted by Gasteiger charge is -2.11. The molecule has 0 saturated heterocycles. The van der Waals surface area contributed by atoms with Crippen LogP contribution >= 0.6 is 0 Å². The van der Waals surface area contributed by atoms with E-state index in [2.05, 4.69) is 20.7 Å². The van der Waals surface area contributed by atoms with Crippen LogP contribution < -0.4 is 16.6 Å². The normalized spacial score (nSPS) is 10.9. The van der Waals surface area contributed by atoms with Crippen molar-refractivity contribution in [2.45, 2.75) is 6.92 Å². The Morgan fingerprint density at radius 1 is 1.29 bits per heavy atom. The van der Waals surface area contributed by atoms with E-state index in [4.69, 9.17) is 5.84 Å². The molecule has 0 aliphatic rings. The van der Waals surface area contributed by atoms with Crippen LogP contribution in [0.4, 0.5) is 26.1 Å². The van der Waals surface area contributed by atoms with Gasteiger partial charge in [-0.2, -0.15) is 0 Å². The number of hydrogen-bond acceptors (Lipinski definition) is 5. The number of anilines is 3. The minimum absolute atomic E-state index is 0.193. The molecule has 0 amide bonds. The SMILES string of the molecule is Cc1ccc(F)c(Nc2nc(NN)cn3ccnc23)c1F. The number of nitrogens with one attached hydrogen (secondary N) is 2. The van der Waals surface area contributed by atoms with E-state index >= 15 is 0 Å². The van der Waals surface area contributed by atoms with Crippen LogP contribution in [0.15, 0.2) is 30.7 Å². The molecule has 0 aliphatic carbocycles. The molecular weight excluding hydrogens is 278 g/mol. The number of imidazole rings is 1. The Bertz CT molecular complexity index is 814. The summed E-state index contributed by atoms with van der Waals surface area (Å²) in [5.41, 5.74) is 2.86. The molecule has 4 N–H and O–H groups in total. The third kappa shape index (κ3) is 2.25. The molecule has 1 aromatic carbocycles. The number of halogens is 2. The van der Waals surface area contributed by atoms with Crippen molar-refractivity contribution in [1.82, 2.24) is 14.4 Å². The molecule has 2 heterocycles. The minimum Gasteiger partial charge on any atom is -0.332 e. The molecule has 0 atom stereocenters. The summed E-state index contributed by atoms with van der Waals surface area (Å²) < 4.78 is 29.5. The molecule has 6 nitrogen and oxygen atoms in total. The van der Waals surface area contributed by atoms with Gasteiger partial charge in [0.1, 0.15) is 11.5 Å². The van der Waals surface area contributed by atoms with Gasteiger partial charge in [-0.15, -0.1) is 0 Å². The Kier molecular flexibility index (Phi) is 3.15. The average Bonchev–Trinajstić information content (AvgIpc) is 2.95. The first-order chi connectivity index (χ1) is 10.1.